The van der Waals surface area contributed by atoms with Crippen molar-refractivity contribution in [1.29, 1.82) is 0 Å². The lowest BCUT2D eigenvalue weighted by Crippen LogP contribution is -2.24. The van der Waals surface area contributed by atoms with E-state index in [1.54, 1.807) is 0 Å². The lowest BCUT2D eigenvalue weighted by Gasteiger charge is -2.17. The maximum atomic E-state index is 11.6. The largest absolute Gasteiger partial charge is 0.307 e. The molecule has 0 aliphatic heterocycles. The Morgan fingerprint density at radius 2 is 2.00 bits per heavy atom. The second kappa shape index (κ2) is 3.84. The number of hydrogen-bond acceptors (Lipinski definition) is 1. The first-order valence-electron chi connectivity index (χ1n) is 2.91. The van der Waals surface area contributed by atoms with Gasteiger partial charge in [0.2, 0.25) is 0 Å². The fourth-order valence-corrected chi connectivity index (χ4v) is 0.416. The van der Waals surface area contributed by atoms with Gasteiger partial charge in [-0.25, -0.2) is 0 Å². The van der Waals surface area contributed by atoms with Gasteiger partial charge in [-0.1, -0.05) is 0 Å². The number of halogens is 1. The van der Waals surface area contributed by atoms with Crippen LogP contribution in [0, 0.1) is 0 Å². The second-order valence-corrected chi connectivity index (χ2v) is 2.29. The maximum absolute atomic E-state index is 11.6. The van der Waals surface area contributed by atoms with Crippen molar-refractivity contribution in [2.24, 2.45) is 0 Å². The molecule has 0 bridgehead atoms. The highest BCUT2D eigenvalue weighted by atomic mass is 19.1. The Bertz CT molecular complexity index is 54.5. The summed E-state index contributed by atoms with van der Waals surface area (Å²) in [5.41, 5.74) is 0. The molecule has 0 N–H and O–H groups in total. The van der Waals surface area contributed by atoms with E-state index in [9.17, 15) is 4.39 Å². The molecule has 0 aliphatic carbocycles. The van der Waals surface area contributed by atoms with Gasteiger partial charge in [-0.2, -0.15) is 0 Å². The zero-order valence-corrected chi connectivity index (χ0v) is 5.82. The zero-order valence-electron chi connectivity index (χ0n) is 5.82. The standard InChI is InChI=1S/C6H14FN/c1-6(4-5-7)8(2)3/h6H,4-5H2,1-3H3. The van der Waals surface area contributed by atoms with Gasteiger partial charge in [0.25, 0.3) is 0 Å². The van der Waals surface area contributed by atoms with Crippen molar-refractivity contribution >= 4 is 0 Å². The van der Waals surface area contributed by atoms with E-state index in [1.807, 2.05) is 25.9 Å². The van der Waals surface area contributed by atoms with Crippen LogP contribution in [0.4, 0.5) is 4.39 Å². The Labute approximate surface area is 50.5 Å². The fourth-order valence-electron chi connectivity index (χ4n) is 0.416. The van der Waals surface area contributed by atoms with Crippen LogP contribution in [-0.4, -0.2) is 31.7 Å². The molecule has 1 atom stereocenters. The van der Waals surface area contributed by atoms with Crippen LogP contribution < -0.4 is 0 Å². The molecule has 0 saturated carbocycles. The molecule has 50 valence electrons. The lowest BCUT2D eigenvalue weighted by atomic mass is 10.2. The Morgan fingerprint density at radius 1 is 1.50 bits per heavy atom. The van der Waals surface area contributed by atoms with E-state index in [2.05, 4.69) is 0 Å². The number of alkyl halides is 1. The predicted octanol–water partition coefficient (Wildman–Crippen LogP) is 1.30. The average Bonchev–Trinajstić information content (AvgIpc) is 1.67. The van der Waals surface area contributed by atoms with Gasteiger partial charge in [-0.3, -0.25) is 4.39 Å². The third kappa shape index (κ3) is 2.97. The monoisotopic (exact) mass is 119 g/mol. The number of hydrogen-bond donors (Lipinski definition) is 0. The van der Waals surface area contributed by atoms with Crippen molar-refractivity contribution in [1.82, 2.24) is 4.90 Å². The van der Waals surface area contributed by atoms with Crippen LogP contribution in [0.1, 0.15) is 13.3 Å². The normalized spacial score (nSPS) is 14.6. The Balaban J connectivity index is 3.17. The van der Waals surface area contributed by atoms with Gasteiger partial charge in [-0.05, 0) is 27.4 Å². The van der Waals surface area contributed by atoms with Crippen LogP contribution in [-0.2, 0) is 0 Å². The molecule has 0 amide bonds. The van der Waals surface area contributed by atoms with Crippen molar-refractivity contribution in [2.45, 2.75) is 19.4 Å². The third-order valence-electron chi connectivity index (χ3n) is 1.41. The molecule has 1 unspecified atom stereocenters. The Morgan fingerprint density at radius 3 is 2.12 bits per heavy atom. The topological polar surface area (TPSA) is 3.24 Å². The minimum atomic E-state index is -0.209. The molecule has 8 heavy (non-hydrogen) atoms. The summed E-state index contributed by atoms with van der Waals surface area (Å²) in [7, 11) is 3.92. The Hall–Kier alpha value is -0.110. The summed E-state index contributed by atoms with van der Waals surface area (Å²) in [6, 6.07) is 0.375. The number of rotatable bonds is 3. The minimum Gasteiger partial charge on any atom is -0.307 e. The van der Waals surface area contributed by atoms with Crippen molar-refractivity contribution in [2.75, 3.05) is 20.8 Å². The molecular weight excluding hydrogens is 105 g/mol. The molecule has 0 rings (SSSR count). The van der Waals surface area contributed by atoms with Crippen molar-refractivity contribution in [3.8, 4) is 0 Å². The Kier molecular flexibility index (Phi) is 3.79. The number of nitrogens with zero attached hydrogens (tertiary/aromatic N) is 1. The van der Waals surface area contributed by atoms with Gasteiger partial charge >= 0.3 is 0 Å². The first kappa shape index (κ1) is 7.89. The van der Waals surface area contributed by atoms with E-state index in [0.29, 0.717) is 12.5 Å². The van der Waals surface area contributed by atoms with E-state index in [-0.39, 0.29) is 6.67 Å². The minimum absolute atomic E-state index is 0.209. The van der Waals surface area contributed by atoms with Gasteiger partial charge in [0.05, 0.1) is 6.67 Å². The maximum Gasteiger partial charge on any atom is 0.0909 e. The molecule has 2 heteroatoms. The quantitative estimate of drug-likeness (QED) is 0.541. The molecule has 0 heterocycles. The van der Waals surface area contributed by atoms with Crippen LogP contribution in [0.3, 0.4) is 0 Å². The highest BCUT2D eigenvalue weighted by molar-refractivity contribution is 4.56. The molecule has 0 aromatic heterocycles. The summed E-state index contributed by atoms with van der Waals surface area (Å²) in [6.07, 6.45) is 0.646. The predicted molar refractivity (Wildman–Crippen MR) is 33.7 cm³/mol. The zero-order chi connectivity index (χ0) is 6.57. The fraction of sp³-hybridized carbons (Fsp3) is 1.00. The van der Waals surface area contributed by atoms with Crippen LogP contribution in [0.5, 0.6) is 0 Å². The molecular formula is C6H14FN. The van der Waals surface area contributed by atoms with E-state index in [1.165, 1.54) is 0 Å². The van der Waals surface area contributed by atoms with Crippen LogP contribution in [0.25, 0.3) is 0 Å². The molecule has 0 aromatic rings. The summed E-state index contributed by atoms with van der Waals surface area (Å²) < 4.78 is 11.6. The van der Waals surface area contributed by atoms with Crippen LogP contribution >= 0.6 is 0 Å². The molecule has 0 aliphatic rings. The summed E-state index contributed by atoms with van der Waals surface area (Å²) in [4.78, 5) is 2.01. The second-order valence-electron chi connectivity index (χ2n) is 2.29. The molecule has 0 fully saturated rings. The summed E-state index contributed by atoms with van der Waals surface area (Å²) in [5, 5.41) is 0. The smallest absolute Gasteiger partial charge is 0.0909 e. The van der Waals surface area contributed by atoms with Gasteiger partial charge in [0.15, 0.2) is 0 Å². The highest BCUT2D eigenvalue weighted by Crippen LogP contribution is 1.96. The van der Waals surface area contributed by atoms with Gasteiger partial charge in [0.1, 0.15) is 0 Å². The summed E-state index contributed by atoms with van der Waals surface area (Å²) in [6.45, 7) is 1.80. The molecule has 0 spiro atoms. The average molecular weight is 119 g/mol. The van der Waals surface area contributed by atoms with Crippen molar-refractivity contribution in [3.63, 3.8) is 0 Å². The SMILES string of the molecule is CC(CCF)N(C)C. The molecule has 0 radical (unpaired) electrons. The summed E-state index contributed by atoms with van der Waals surface area (Å²) in [5.74, 6) is 0. The van der Waals surface area contributed by atoms with E-state index in [0.717, 1.165) is 0 Å². The first-order valence-corrected chi connectivity index (χ1v) is 2.91. The van der Waals surface area contributed by atoms with Crippen LogP contribution in [0.15, 0.2) is 0 Å². The molecule has 0 saturated heterocycles. The van der Waals surface area contributed by atoms with Gasteiger partial charge < -0.3 is 4.90 Å². The first-order chi connectivity index (χ1) is 3.68. The summed E-state index contributed by atoms with van der Waals surface area (Å²) >= 11 is 0. The van der Waals surface area contributed by atoms with E-state index < -0.39 is 0 Å². The van der Waals surface area contributed by atoms with Crippen LogP contribution in [0.2, 0.25) is 0 Å². The third-order valence-corrected chi connectivity index (χ3v) is 1.41. The van der Waals surface area contributed by atoms with E-state index in [4.69, 9.17) is 0 Å². The lowest BCUT2D eigenvalue weighted by molar-refractivity contribution is 0.275. The highest BCUT2D eigenvalue weighted by Gasteiger charge is 2.01. The molecule has 1 nitrogen and oxygen atoms in total. The van der Waals surface area contributed by atoms with Gasteiger partial charge in [-0.15, -0.1) is 0 Å². The van der Waals surface area contributed by atoms with Crippen molar-refractivity contribution in [3.05, 3.63) is 0 Å². The molecule has 0 aromatic carbocycles. The van der Waals surface area contributed by atoms with Gasteiger partial charge in [0, 0.05) is 6.04 Å². The van der Waals surface area contributed by atoms with E-state index >= 15 is 0 Å². The van der Waals surface area contributed by atoms with Crippen molar-refractivity contribution < 1.29 is 4.39 Å².